The molecule has 1 saturated heterocycles. The molecule has 1 aromatic rings. The number of hydrogen-bond donors (Lipinski definition) is 0. The largest absolute Gasteiger partial charge is 0.374 e. The summed E-state index contributed by atoms with van der Waals surface area (Å²) in [7, 11) is 0. The van der Waals surface area contributed by atoms with E-state index >= 15 is 0 Å². The Morgan fingerprint density at radius 2 is 0.741 bits per heavy atom. The summed E-state index contributed by atoms with van der Waals surface area (Å²) in [6.45, 7) is 9.32. The minimum absolute atomic E-state index is 0.207. The SMILES string of the molecule is CCCCCCCCC=CCCCCCCCCCCO[C@@H]1CN(Cc2ccccc2)C[C@H]1OCCCCCCCCCCC=CCCCCCCCC. The molecule has 1 aliphatic rings. The summed E-state index contributed by atoms with van der Waals surface area (Å²) in [6, 6.07) is 10.9. The standard InChI is InChI=1S/C51H91NO2/c1-3-5-7-9-11-13-15-17-19-21-23-25-27-29-31-33-35-40-44-53-50-47-52(46-49-42-38-37-39-43-49)48-51(50)54-45-41-36-34-32-30-28-26-24-22-20-18-16-14-12-10-8-6-4-2/h17-20,37-39,42-43,50-51H,3-16,21-36,40-41,44-48H2,1-2H3/t50-,51-/m1/s1. The molecule has 2 atom stereocenters. The summed E-state index contributed by atoms with van der Waals surface area (Å²) in [5.41, 5.74) is 1.39. The zero-order chi connectivity index (χ0) is 38.3. The van der Waals surface area contributed by atoms with Crippen LogP contribution < -0.4 is 0 Å². The summed E-state index contributed by atoms with van der Waals surface area (Å²) in [5, 5.41) is 0. The van der Waals surface area contributed by atoms with E-state index in [-0.39, 0.29) is 12.2 Å². The summed E-state index contributed by atoms with van der Waals surface area (Å²) in [4.78, 5) is 2.54. The molecule has 312 valence electrons. The zero-order valence-corrected chi connectivity index (χ0v) is 36.3. The van der Waals surface area contributed by atoms with Crippen LogP contribution in [-0.4, -0.2) is 43.4 Å². The fraction of sp³-hybridized carbons (Fsp3) is 0.804. The molecule has 1 fully saturated rings. The average Bonchev–Trinajstić information content (AvgIpc) is 3.57. The van der Waals surface area contributed by atoms with Crippen LogP contribution >= 0.6 is 0 Å². The van der Waals surface area contributed by atoms with E-state index in [0.29, 0.717) is 0 Å². The maximum atomic E-state index is 6.53. The van der Waals surface area contributed by atoms with Crippen molar-refractivity contribution in [3.8, 4) is 0 Å². The predicted molar refractivity (Wildman–Crippen MR) is 239 cm³/mol. The zero-order valence-electron chi connectivity index (χ0n) is 36.3. The summed E-state index contributed by atoms with van der Waals surface area (Å²) >= 11 is 0. The Bertz CT molecular complexity index is 888. The van der Waals surface area contributed by atoms with Crippen LogP contribution in [-0.2, 0) is 16.0 Å². The van der Waals surface area contributed by atoms with Crippen LogP contribution in [0.1, 0.15) is 225 Å². The van der Waals surface area contributed by atoms with Gasteiger partial charge in [-0.05, 0) is 69.8 Å². The number of hydrogen-bond acceptors (Lipinski definition) is 3. The Morgan fingerprint density at radius 3 is 1.09 bits per heavy atom. The molecule has 54 heavy (non-hydrogen) atoms. The third-order valence-electron chi connectivity index (χ3n) is 11.5. The molecule has 3 nitrogen and oxygen atoms in total. The molecule has 0 radical (unpaired) electrons. The molecule has 0 N–H and O–H groups in total. The Morgan fingerprint density at radius 1 is 0.426 bits per heavy atom. The first-order valence-electron chi connectivity index (χ1n) is 24.1. The first kappa shape index (κ1) is 48.7. The molecule has 1 aromatic carbocycles. The average molecular weight is 750 g/mol. The Hall–Kier alpha value is -1.42. The van der Waals surface area contributed by atoms with Crippen LogP contribution in [0, 0.1) is 0 Å². The molecule has 1 heterocycles. The summed E-state index contributed by atoms with van der Waals surface area (Å²) < 4.78 is 13.1. The number of likely N-dealkylation sites (tertiary alicyclic amines) is 1. The molecule has 0 aliphatic carbocycles. The van der Waals surface area contributed by atoms with Crippen molar-refractivity contribution in [2.24, 2.45) is 0 Å². The van der Waals surface area contributed by atoms with E-state index in [1.807, 2.05) is 0 Å². The van der Waals surface area contributed by atoms with Gasteiger partial charge in [-0.2, -0.15) is 0 Å². The van der Waals surface area contributed by atoms with Crippen LogP contribution in [0.5, 0.6) is 0 Å². The molecule has 0 amide bonds. The van der Waals surface area contributed by atoms with Crippen LogP contribution in [0.25, 0.3) is 0 Å². The van der Waals surface area contributed by atoms with Gasteiger partial charge in [0.05, 0.1) is 12.2 Å². The van der Waals surface area contributed by atoms with Gasteiger partial charge < -0.3 is 9.47 Å². The van der Waals surface area contributed by atoms with E-state index in [1.165, 1.54) is 211 Å². The van der Waals surface area contributed by atoms with Gasteiger partial charge in [-0.3, -0.25) is 4.90 Å². The van der Waals surface area contributed by atoms with Gasteiger partial charge in [-0.15, -0.1) is 0 Å². The van der Waals surface area contributed by atoms with Gasteiger partial charge in [0.15, 0.2) is 0 Å². The Labute approximate surface area is 337 Å². The fourth-order valence-corrected chi connectivity index (χ4v) is 7.99. The molecule has 1 aliphatic heterocycles. The van der Waals surface area contributed by atoms with Crippen molar-refractivity contribution in [3.63, 3.8) is 0 Å². The van der Waals surface area contributed by atoms with Crippen LogP contribution in [0.15, 0.2) is 54.6 Å². The monoisotopic (exact) mass is 750 g/mol. The van der Waals surface area contributed by atoms with E-state index in [2.05, 4.69) is 73.4 Å². The second-order valence-corrected chi connectivity index (χ2v) is 16.8. The van der Waals surface area contributed by atoms with Gasteiger partial charge in [-0.1, -0.05) is 210 Å². The summed E-state index contributed by atoms with van der Waals surface area (Å²) in [6.07, 6.45) is 53.6. The van der Waals surface area contributed by atoms with Gasteiger partial charge >= 0.3 is 0 Å². The maximum absolute atomic E-state index is 6.53. The molecular weight excluding hydrogens is 659 g/mol. The van der Waals surface area contributed by atoms with Gasteiger partial charge in [0.1, 0.15) is 0 Å². The first-order chi connectivity index (χ1) is 26.8. The molecule has 2 rings (SSSR count). The highest BCUT2D eigenvalue weighted by Gasteiger charge is 2.34. The molecule has 3 heteroatoms. The van der Waals surface area contributed by atoms with E-state index < -0.39 is 0 Å². The number of unbranched alkanes of at least 4 members (excludes halogenated alkanes) is 28. The normalized spacial score (nSPS) is 16.5. The molecule has 0 aromatic heterocycles. The lowest BCUT2D eigenvalue weighted by molar-refractivity contribution is -0.0481. The molecule has 0 bridgehead atoms. The van der Waals surface area contributed by atoms with Crippen LogP contribution in [0.3, 0.4) is 0 Å². The number of allylic oxidation sites excluding steroid dienone is 4. The second-order valence-electron chi connectivity index (χ2n) is 16.8. The lowest BCUT2D eigenvalue weighted by atomic mass is 10.1. The lowest BCUT2D eigenvalue weighted by Gasteiger charge is -2.20. The Kier molecular flexibility index (Phi) is 34.7. The van der Waals surface area contributed by atoms with Crippen molar-refractivity contribution in [3.05, 3.63) is 60.2 Å². The summed E-state index contributed by atoms with van der Waals surface area (Å²) in [5.74, 6) is 0. The minimum Gasteiger partial charge on any atom is -0.374 e. The molecule has 0 spiro atoms. The van der Waals surface area contributed by atoms with E-state index in [0.717, 1.165) is 32.8 Å². The van der Waals surface area contributed by atoms with Crippen LogP contribution in [0.4, 0.5) is 0 Å². The first-order valence-corrected chi connectivity index (χ1v) is 24.1. The maximum Gasteiger partial charge on any atom is 0.0975 e. The van der Waals surface area contributed by atoms with Gasteiger partial charge in [-0.25, -0.2) is 0 Å². The van der Waals surface area contributed by atoms with Crippen LogP contribution in [0.2, 0.25) is 0 Å². The van der Waals surface area contributed by atoms with E-state index in [9.17, 15) is 0 Å². The van der Waals surface area contributed by atoms with Crippen molar-refractivity contribution in [2.75, 3.05) is 26.3 Å². The van der Waals surface area contributed by atoms with Gasteiger partial charge in [0.2, 0.25) is 0 Å². The van der Waals surface area contributed by atoms with E-state index in [1.54, 1.807) is 0 Å². The van der Waals surface area contributed by atoms with Crippen molar-refractivity contribution in [2.45, 2.75) is 238 Å². The smallest absolute Gasteiger partial charge is 0.0975 e. The van der Waals surface area contributed by atoms with Crippen molar-refractivity contribution < 1.29 is 9.47 Å². The second kappa shape index (κ2) is 38.5. The predicted octanol–water partition coefficient (Wildman–Crippen LogP) is 15.9. The highest BCUT2D eigenvalue weighted by molar-refractivity contribution is 5.14. The fourth-order valence-electron chi connectivity index (χ4n) is 7.99. The Balaban J connectivity index is 1.45. The third-order valence-corrected chi connectivity index (χ3v) is 11.5. The van der Waals surface area contributed by atoms with Crippen molar-refractivity contribution in [1.29, 1.82) is 0 Å². The quantitative estimate of drug-likeness (QED) is 0.0493. The third kappa shape index (κ3) is 29.8. The number of nitrogens with zero attached hydrogens (tertiary/aromatic N) is 1. The lowest BCUT2D eigenvalue weighted by Crippen LogP contribution is -2.30. The number of rotatable bonds is 40. The number of benzene rings is 1. The molecule has 0 saturated carbocycles. The van der Waals surface area contributed by atoms with Crippen molar-refractivity contribution >= 4 is 0 Å². The number of ether oxygens (including phenoxy) is 2. The minimum atomic E-state index is 0.207. The molecular formula is C51H91NO2. The van der Waals surface area contributed by atoms with Gasteiger partial charge in [0.25, 0.3) is 0 Å². The van der Waals surface area contributed by atoms with Gasteiger partial charge in [0, 0.05) is 32.8 Å². The topological polar surface area (TPSA) is 21.7 Å². The highest BCUT2D eigenvalue weighted by Crippen LogP contribution is 2.21. The van der Waals surface area contributed by atoms with E-state index in [4.69, 9.17) is 9.47 Å². The molecule has 0 unspecified atom stereocenters. The van der Waals surface area contributed by atoms with Crippen molar-refractivity contribution in [1.82, 2.24) is 4.90 Å². The highest BCUT2D eigenvalue weighted by atomic mass is 16.5.